The molecule has 1 aliphatic rings. The van der Waals surface area contributed by atoms with Gasteiger partial charge in [0.25, 0.3) is 0 Å². The first kappa shape index (κ1) is 8.24. The van der Waals surface area contributed by atoms with Crippen LogP contribution in [0.5, 0.6) is 0 Å². The molecule has 4 heteroatoms. The lowest BCUT2D eigenvalue weighted by Crippen LogP contribution is -2.13. The molecule has 0 aromatic carbocycles. The van der Waals surface area contributed by atoms with Crippen LogP contribution < -0.4 is 10.8 Å². The van der Waals surface area contributed by atoms with Gasteiger partial charge in [0, 0.05) is 11.4 Å². The van der Waals surface area contributed by atoms with Crippen molar-refractivity contribution in [2.75, 3.05) is 0 Å². The Kier molecular flexibility index (Phi) is 1.87. The zero-order valence-corrected chi connectivity index (χ0v) is 7.20. The Bertz CT molecular complexity index is 590. The maximum Gasteiger partial charge on any atom is 0.175 e. The van der Waals surface area contributed by atoms with Crippen molar-refractivity contribution in [3.05, 3.63) is 40.8 Å². The van der Waals surface area contributed by atoms with Crippen LogP contribution in [0.25, 0.3) is 5.57 Å². The fourth-order valence-electron chi connectivity index (χ4n) is 1.21. The normalized spacial score (nSPS) is 12.9. The molecule has 14 heavy (non-hydrogen) atoms. The van der Waals surface area contributed by atoms with Crippen LogP contribution in [0.4, 0.5) is 0 Å². The molecule has 0 spiro atoms. The number of H-pyrrole nitrogens is 1. The Labute approximate surface area is 79.7 Å². The molecule has 1 heterocycles. The molecule has 0 saturated heterocycles. The number of hydrogen-bond acceptors (Lipinski definition) is 3. The van der Waals surface area contributed by atoms with Gasteiger partial charge in [-0.3, -0.25) is 5.41 Å². The van der Waals surface area contributed by atoms with Crippen molar-refractivity contribution in [2.45, 2.75) is 0 Å². The number of rotatable bonds is 0. The maximum absolute atomic E-state index is 8.70. The second-order valence-corrected chi connectivity index (χ2v) is 2.72. The van der Waals surface area contributed by atoms with Crippen LogP contribution in [-0.2, 0) is 0 Å². The van der Waals surface area contributed by atoms with E-state index in [9.17, 15) is 0 Å². The van der Waals surface area contributed by atoms with Crippen LogP contribution in [0.3, 0.4) is 0 Å². The molecule has 0 saturated carbocycles. The largest absolute Gasteiger partial charge is 0.330 e. The van der Waals surface area contributed by atoms with Crippen LogP contribution in [0.15, 0.2) is 24.3 Å². The summed E-state index contributed by atoms with van der Waals surface area (Å²) in [5.41, 5.74) is 1.71. The Morgan fingerprint density at radius 3 is 2.57 bits per heavy atom. The maximum atomic E-state index is 8.70. The molecule has 1 aromatic rings. The average Bonchev–Trinajstić information content (AvgIpc) is 2.85. The summed E-state index contributed by atoms with van der Waals surface area (Å²) in [7, 11) is 0. The molecule has 2 N–H and O–H groups in total. The van der Waals surface area contributed by atoms with Gasteiger partial charge in [0.2, 0.25) is 0 Å². The summed E-state index contributed by atoms with van der Waals surface area (Å²) >= 11 is 0. The van der Waals surface area contributed by atoms with Crippen LogP contribution in [0.2, 0.25) is 0 Å². The highest BCUT2D eigenvalue weighted by molar-refractivity contribution is 5.69. The van der Waals surface area contributed by atoms with Crippen molar-refractivity contribution >= 4 is 11.4 Å². The molecule has 0 atom stereocenters. The predicted octanol–water partition coefficient (Wildman–Crippen LogP) is -0.522. The fourth-order valence-corrected chi connectivity index (χ4v) is 1.21. The predicted molar refractivity (Wildman–Crippen MR) is 51.1 cm³/mol. The highest BCUT2D eigenvalue weighted by atomic mass is 14.9. The van der Waals surface area contributed by atoms with Crippen LogP contribution in [0.1, 0.15) is 5.69 Å². The van der Waals surface area contributed by atoms with E-state index in [1.807, 2.05) is 30.4 Å². The van der Waals surface area contributed by atoms with E-state index >= 15 is 0 Å². The van der Waals surface area contributed by atoms with Crippen molar-refractivity contribution in [3.8, 4) is 6.07 Å². The number of nitrogens with zero attached hydrogens (tertiary/aromatic N) is 2. The summed E-state index contributed by atoms with van der Waals surface area (Å²) in [5.74, 6) is 2.14. The van der Waals surface area contributed by atoms with Crippen molar-refractivity contribution in [3.63, 3.8) is 0 Å². The second kappa shape index (κ2) is 3.17. The van der Waals surface area contributed by atoms with Crippen molar-refractivity contribution < 1.29 is 0 Å². The van der Waals surface area contributed by atoms with Gasteiger partial charge >= 0.3 is 0 Å². The van der Waals surface area contributed by atoms with Crippen LogP contribution in [-0.4, -0.2) is 15.8 Å². The third-order valence-electron chi connectivity index (χ3n) is 1.87. The van der Waals surface area contributed by atoms with E-state index in [2.05, 4.69) is 15.8 Å². The van der Waals surface area contributed by atoms with E-state index < -0.39 is 0 Å². The molecule has 2 rings (SSSR count). The first-order valence-electron chi connectivity index (χ1n) is 4.00. The lowest BCUT2D eigenvalue weighted by molar-refractivity contribution is 1.18. The Morgan fingerprint density at radius 1 is 1.36 bits per heavy atom. The van der Waals surface area contributed by atoms with Gasteiger partial charge in [0.05, 0.1) is 0 Å². The first-order valence-corrected chi connectivity index (χ1v) is 4.00. The van der Waals surface area contributed by atoms with Gasteiger partial charge in [-0.2, -0.15) is 5.26 Å². The molecule has 1 aromatic heterocycles. The summed E-state index contributed by atoms with van der Waals surface area (Å²) in [6, 6.07) is 1.90. The molecule has 0 unspecified atom stereocenters. The standard InChI is InChI=1S/C10H6N4/c11-5-8-9(6-12)14-10(13-8)7-3-1-2-4-7/h1-4,11,13H. The van der Waals surface area contributed by atoms with E-state index in [4.69, 9.17) is 10.7 Å². The lowest BCUT2D eigenvalue weighted by Gasteiger charge is -1.81. The number of aromatic amines is 1. The minimum atomic E-state index is 0.205. The summed E-state index contributed by atoms with van der Waals surface area (Å²) in [6.07, 6.45) is 7.54. The van der Waals surface area contributed by atoms with Crippen LogP contribution >= 0.6 is 0 Å². The summed E-state index contributed by atoms with van der Waals surface area (Å²) in [4.78, 5) is 6.90. The molecule has 0 bridgehead atoms. The first-order chi connectivity index (χ1) is 6.85. The zero-order valence-electron chi connectivity index (χ0n) is 7.20. The van der Waals surface area contributed by atoms with Crippen LogP contribution in [0, 0.1) is 16.7 Å². The van der Waals surface area contributed by atoms with Crippen molar-refractivity contribution in [2.24, 2.45) is 0 Å². The zero-order chi connectivity index (χ0) is 9.97. The van der Waals surface area contributed by atoms with E-state index in [0.717, 1.165) is 5.57 Å². The number of nitriles is 1. The molecule has 0 radical (unpaired) electrons. The number of imidazole rings is 1. The SMILES string of the molecule is N#Cc1nc(=C2C=CC=C2)[nH]c1=C=N. The second-order valence-electron chi connectivity index (χ2n) is 2.72. The fraction of sp³-hybridized carbons (Fsp3) is 0. The number of allylic oxidation sites excluding steroid dienone is 4. The molecule has 1 aliphatic carbocycles. The van der Waals surface area contributed by atoms with Gasteiger partial charge < -0.3 is 4.98 Å². The third-order valence-corrected chi connectivity index (χ3v) is 1.87. The van der Waals surface area contributed by atoms with E-state index in [0.29, 0.717) is 10.8 Å². The molecular weight excluding hydrogens is 176 g/mol. The van der Waals surface area contributed by atoms with Gasteiger partial charge in [0.15, 0.2) is 5.69 Å². The van der Waals surface area contributed by atoms with Gasteiger partial charge in [-0.25, -0.2) is 4.98 Å². The summed E-state index contributed by atoms with van der Waals surface area (Å²) in [5, 5.41) is 16.0. The monoisotopic (exact) mass is 182 g/mol. The highest BCUT2D eigenvalue weighted by Crippen LogP contribution is 2.04. The van der Waals surface area contributed by atoms with Crippen molar-refractivity contribution in [1.82, 2.24) is 9.97 Å². The molecule has 0 fully saturated rings. The Balaban J connectivity index is 2.83. The molecule has 0 amide bonds. The van der Waals surface area contributed by atoms with Gasteiger partial charge in [0.1, 0.15) is 16.9 Å². The summed E-state index contributed by atoms with van der Waals surface area (Å²) < 4.78 is 0. The van der Waals surface area contributed by atoms with E-state index in [1.165, 1.54) is 0 Å². The van der Waals surface area contributed by atoms with E-state index in [-0.39, 0.29) is 5.69 Å². The molecule has 4 nitrogen and oxygen atoms in total. The van der Waals surface area contributed by atoms with Gasteiger partial charge in [-0.15, -0.1) is 0 Å². The number of nitrogens with one attached hydrogen (secondary N) is 2. The minimum Gasteiger partial charge on any atom is -0.330 e. The average molecular weight is 182 g/mol. The summed E-state index contributed by atoms with van der Waals surface area (Å²) in [6.45, 7) is 0. The van der Waals surface area contributed by atoms with Gasteiger partial charge in [-0.05, 0) is 0 Å². The smallest absolute Gasteiger partial charge is 0.175 e. The lowest BCUT2D eigenvalue weighted by atomic mass is 10.3. The van der Waals surface area contributed by atoms with E-state index in [1.54, 1.807) is 0 Å². The third kappa shape index (κ3) is 1.18. The topological polar surface area (TPSA) is 76.3 Å². The van der Waals surface area contributed by atoms with Gasteiger partial charge in [-0.1, -0.05) is 24.3 Å². The minimum absolute atomic E-state index is 0.205. The number of aromatic nitrogens is 2. The number of hydrogen-bond donors (Lipinski definition) is 2. The Hall–Kier alpha value is -2.37. The molecular formula is C10H6N4. The van der Waals surface area contributed by atoms with Crippen molar-refractivity contribution in [1.29, 1.82) is 10.7 Å². The highest BCUT2D eigenvalue weighted by Gasteiger charge is 2.01. The molecule has 0 aliphatic heterocycles. The Morgan fingerprint density at radius 2 is 2.07 bits per heavy atom. The molecule has 66 valence electrons. The quantitative estimate of drug-likeness (QED) is 0.529.